The Balaban J connectivity index is 1.69. The molecule has 1 amide bonds. The maximum Gasteiger partial charge on any atom is 0.222 e. The minimum absolute atomic E-state index is 0.377. The second kappa shape index (κ2) is 5.50. The van der Waals surface area contributed by atoms with Gasteiger partial charge < -0.3 is 10.2 Å². The van der Waals surface area contributed by atoms with Crippen molar-refractivity contribution in [3.05, 3.63) is 0 Å². The van der Waals surface area contributed by atoms with E-state index in [-0.39, 0.29) is 0 Å². The summed E-state index contributed by atoms with van der Waals surface area (Å²) in [5, 5.41) is 3.43. The average molecular weight is 210 g/mol. The van der Waals surface area contributed by atoms with E-state index in [1.54, 1.807) is 0 Å². The lowest BCUT2D eigenvalue weighted by Gasteiger charge is -2.19. The largest absolute Gasteiger partial charge is 0.343 e. The van der Waals surface area contributed by atoms with E-state index in [2.05, 4.69) is 10.2 Å². The summed E-state index contributed by atoms with van der Waals surface area (Å²) in [5.74, 6) is 1.22. The lowest BCUT2D eigenvalue weighted by atomic mass is 9.97. The first-order valence-corrected chi connectivity index (χ1v) is 6.35. The Hall–Kier alpha value is -0.570. The highest BCUT2D eigenvalue weighted by atomic mass is 16.2. The second-order valence-corrected chi connectivity index (χ2v) is 4.82. The third-order valence-corrected chi connectivity index (χ3v) is 3.67. The molecule has 0 saturated carbocycles. The summed E-state index contributed by atoms with van der Waals surface area (Å²) in [5.41, 5.74) is 0. The van der Waals surface area contributed by atoms with Crippen LogP contribution in [0.25, 0.3) is 0 Å². The molecular weight excluding hydrogens is 188 g/mol. The summed E-state index contributed by atoms with van der Waals surface area (Å²) < 4.78 is 0. The molecule has 0 aromatic rings. The van der Waals surface area contributed by atoms with E-state index in [9.17, 15) is 4.79 Å². The summed E-state index contributed by atoms with van der Waals surface area (Å²) in [6, 6.07) is 0. The number of hydrogen-bond donors (Lipinski definition) is 1. The van der Waals surface area contributed by atoms with Gasteiger partial charge in [-0.2, -0.15) is 0 Å². The van der Waals surface area contributed by atoms with Crippen LogP contribution >= 0.6 is 0 Å². The number of nitrogens with zero attached hydrogens (tertiary/aromatic N) is 1. The third-order valence-electron chi connectivity index (χ3n) is 3.67. The quantitative estimate of drug-likeness (QED) is 0.763. The highest BCUT2D eigenvalue weighted by Gasteiger charge is 2.21. The number of amides is 1. The minimum Gasteiger partial charge on any atom is -0.343 e. The first-order valence-electron chi connectivity index (χ1n) is 6.35. The molecule has 0 aromatic heterocycles. The normalized spacial score (nSPS) is 28.1. The van der Waals surface area contributed by atoms with Crippen molar-refractivity contribution >= 4 is 5.91 Å². The fourth-order valence-electron chi connectivity index (χ4n) is 2.66. The zero-order chi connectivity index (χ0) is 10.5. The van der Waals surface area contributed by atoms with Crippen LogP contribution < -0.4 is 5.32 Å². The lowest BCUT2D eigenvalue weighted by Crippen LogP contribution is -2.27. The van der Waals surface area contributed by atoms with Crippen LogP contribution in [-0.2, 0) is 4.79 Å². The summed E-state index contributed by atoms with van der Waals surface area (Å²) in [7, 11) is 0. The summed E-state index contributed by atoms with van der Waals surface area (Å²) in [6.07, 6.45) is 7.01. The Bertz CT molecular complexity index is 210. The molecule has 2 heterocycles. The molecule has 2 aliphatic rings. The van der Waals surface area contributed by atoms with E-state index in [1.165, 1.54) is 38.8 Å². The van der Waals surface area contributed by atoms with Crippen LogP contribution in [0.3, 0.4) is 0 Å². The van der Waals surface area contributed by atoms with Crippen molar-refractivity contribution in [3.8, 4) is 0 Å². The molecule has 2 rings (SSSR count). The first-order chi connectivity index (χ1) is 7.36. The molecular formula is C12H22N2O. The zero-order valence-electron chi connectivity index (χ0n) is 9.50. The molecule has 0 bridgehead atoms. The SMILES string of the molecule is O=C1CCCN1CCC1CCCNCC1. The van der Waals surface area contributed by atoms with Gasteiger partial charge in [-0.3, -0.25) is 4.79 Å². The summed E-state index contributed by atoms with van der Waals surface area (Å²) in [4.78, 5) is 13.5. The maximum absolute atomic E-state index is 11.4. The summed E-state index contributed by atoms with van der Waals surface area (Å²) in [6.45, 7) is 4.35. The van der Waals surface area contributed by atoms with Crippen LogP contribution in [0.5, 0.6) is 0 Å². The Morgan fingerprint density at radius 2 is 2.20 bits per heavy atom. The van der Waals surface area contributed by atoms with Crippen molar-refractivity contribution in [2.45, 2.75) is 38.5 Å². The van der Waals surface area contributed by atoms with E-state index in [4.69, 9.17) is 0 Å². The number of likely N-dealkylation sites (tertiary alicyclic amines) is 1. The molecule has 1 unspecified atom stereocenters. The van der Waals surface area contributed by atoms with Gasteiger partial charge in [0, 0.05) is 19.5 Å². The smallest absolute Gasteiger partial charge is 0.222 e. The van der Waals surface area contributed by atoms with Gasteiger partial charge in [-0.25, -0.2) is 0 Å². The van der Waals surface area contributed by atoms with E-state index in [0.717, 1.165) is 31.8 Å². The summed E-state index contributed by atoms with van der Waals surface area (Å²) >= 11 is 0. The van der Waals surface area contributed by atoms with Gasteiger partial charge in [-0.05, 0) is 51.1 Å². The third kappa shape index (κ3) is 3.20. The van der Waals surface area contributed by atoms with Crippen LogP contribution in [0.2, 0.25) is 0 Å². The average Bonchev–Trinajstić information content (AvgIpc) is 2.53. The maximum atomic E-state index is 11.4. The zero-order valence-corrected chi connectivity index (χ0v) is 9.50. The minimum atomic E-state index is 0.377. The highest BCUT2D eigenvalue weighted by Crippen LogP contribution is 2.19. The van der Waals surface area contributed by atoms with Gasteiger partial charge in [0.2, 0.25) is 5.91 Å². The van der Waals surface area contributed by atoms with Gasteiger partial charge >= 0.3 is 0 Å². The van der Waals surface area contributed by atoms with Gasteiger partial charge in [0.1, 0.15) is 0 Å². The highest BCUT2D eigenvalue weighted by molar-refractivity contribution is 5.77. The number of carbonyl (C=O) groups is 1. The molecule has 15 heavy (non-hydrogen) atoms. The van der Waals surface area contributed by atoms with Gasteiger partial charge in [-0.15, -0.1) is 0 Å². The molecule has 0 spiro atoms. The number of carbonyl (C=O) groups excluding carboxylic acids is 1. The Morgan fingerprint density at radius 1 is 1.27 bits per heavy atom. The molecule has 0 radical (unpaired) electrons. The molecule has 1 N–H and O–H groups in total. The van der Waals surface area contributed by atoms with Crippen molar-refractivity contribution < 1.29 is 4.79 Å². The molecule has 2 saturated heterocycles. The fourth-order valence-corrected chi connectivity index (χ4v) is 2.66. The molecule has 0 aromatic carbocycles. The number of rotatable bonds is 3. The van der Waals surface area contributed by atoms with E-state index in [0.29, 0.717) is 5.91 Å². The van der Waals surface area contributed by atoms with Crippen molar-refractivity contribution in [1.82, 2.24) is 10.2 Å². The Morgan fingerprint density at radius 3 is 3.00 bits per heavy atom. The van der Waals surface area contributed by atoms with Crippen LogP contribution in [0, 0.1) is 5.92 Å². The molecule has 3 heteroatoms. The van der Waals surface area contributed by atoms with Gasteiger partial charge in [-0.1, -0.05) is 0 Å². The van der Waals surface area contributed by atoms with Crippen molar-refractivity contribution in [2.75, 3.05) is 26.2 Å². The van der Waals surface area contributed by atoms with Crippen molar-refractivity contribution in [3.63, 3.8) is 0 Å². The van der Waals surface area contributed by atoms with Gasteiger partial charge in [0.25, 0.3) is 0 Å². The van der Waals surface area contributed by atoms with Crippen LogP contribution in [0.15, 0.2) is 0 Å². The number of hydrogen-bond acceptors (Lipinski definition) is 2. The molecule has 0 aliphatic carbocycles. The molecule has 1 atom stereocenters. The fraction of sp³-hybridized carbons (Fsp3) is 0.917. The predicted octanol–water partition coefficient (Wildman–Crippen LogP) is 1.39. The van der Waals surface area contributed by atoms with Crippen molar-refractivity contribution in [2.24, 2.45) is 5.92 Å². The Kier molecular flexibility index (Phi) is 4.01. The predicted molar refractivity (Wildman–Crippen MR) is 60.6 cm³/mol. The second-order valence-electron chi connectivity index (χ2n) is 4.82. The number of nitrogens with one attached hydrogen (secondary N) is 1. The van der Waals surface area contributed by atoms with E-state index in [1.807, 2.05) is 0 Å². The van der Waals surface area contributed by atoms with Crippen LogP contribution in [0.1, 0.15) is 38.5 Å². The van der Waals surface area contributed by atoms with E-state index < -0.39 is 0 Å². The Labute approximate surface area is 92.2 Å². The van der Waals surface area contributed by atoms with Gasteiger partial charge in [0.05, 0.1) is 0 Å². The van der Waals surface area contributed by atoms with E-state index >= 15 is 0 Å². The lowest BCUT2D eigenvalue weighted by molar-refractivity contribution is -0.127. The molecule has 2 aliphatic heterocycles. The van der Waals surface area contributed by atoms with Gasteiger partial charge in [0.15, 0.2) is 0 Å². The monoisotopic (exact) mass is 210 g/mol. The topological polar surface area (TPSA) is 32.3 Å². The molecule has 3 nitrogen and oxygen atoms in total. The molecule has 86 valence electrons. The standard InChI is InChI=1S/C12H22N2O/c15-12-4-2-9-14(12)10-6-11-3-1-7-13-8-5-11/h11,13H,1-10H2. The molecule has 2 fully saturated rings. The van der Waals surface area contributed by atoms with Crippen LogP contribution in [-0.4, -0.2) is 37.0 Å². The van der Waals surface area contributed by atoms with Crippen molar-refractivity contribution in [1.29, 1.82) is 0 Å². The first kappa shape index (κ1) is 10.9. The van der Waals surface area contributed by atoms with Crippen LogP contribution in [0.4, 0.5) is 0 Å².